The van der Waals surface area contributed by atoms with E-state index in [-0.39, 0.29) is 11.7 Å². The monoisotopic (exact) mass is 288 g/mol. The minimum Gasteiger partial charge on any atom is -0.358 e. The Labute approximate surface area is 129 Å². The highest BCUT2D eigenvalue weighted by atomic mass is 16.1. The number of allylic oxidation sites excluding steroid dienone is 2. The molecule has 0 unspecified atom stereocenters. The summed E-state index contributed by atoms with van der Waals surface area (Å²) in [6.45, 7) is 0. The number of anilines is 1. The molecule has 0 aromatic heterocycles. The van der Waals surface area contributed by atoms with Crippen LogP contribution in [-0.4, -0.2) is 5.78 Å². The van der Waals surface area contributed by atoms with Gasteiger partial charge in [-0.25, -0.2) is 0 Å². The fourth-order valence-corrected chi connectivity index (χ4v) is 2.80. The number of para-hydroxylation sites is 1. The van der Waals surface area contributed by atoms with Crippen LogP contribution in [0.5, 0.6) is 0 Å². The first-order chi connectivity index (χ1) is 10.8. The van der Waals surface area contributed by atoms with Gasteiger partial charge in [0.1, 0.15) is 6.07 Å². The molecule has 1 atom stereocenters. The Morgan fingerprint density at radius 1 is 1.00 bits per heavy atom. The number of nitriles is 1. The summed E-state index contributed by atoms with van der Waals surface area (Å²) >= 11 is 0. The van der Waals surface area contributed by atoms with E-state index in [4.69, 9.17) is 5.26 Å². The quantitative estimate of drug-likeness (QED) is 0.928. The molecular weight excluding hydrogens is 272 g/mol. The zero-order valence-electron chi connectivity index (χ0n) is 12.1. The molecule has 3 rings (SSSR count). The summed E-state index contributed by atoms with van der Waals surface area (Å²) in [7, 11) is 0. The van der Waals surface area contributed by atoms with Crippen LogP contribution >= 0.6 is 0 Å². The van der Waals surface area contributed by atoms with Crippen molar-refractivity contribution in [2.24, 2.45) is 0 Å². The van der Waals surface area contributed by atoms with Gasteiger partial charge in [0, 0.05) is 18.2 Å². The second kappa shape index (κ2) is 6.28. The lowest BCUT2D eigenvalue weighted by Gasteiger charge is -2.23. The van der Waals surface area contributed by atoms with Gasteiger partial charge >= 0.3 is 0 Å². The third-order valence-corrected chi connectivity index (χ3v) is 3.86. The molecule has 2 aromatic carbocycles. The first-order valence-corrected chi connectivity index (χ1v) is 7.31. The molecule has 1 aliphatic rings. The Morgan fingerprint density at radius 2 is 1.73 bits per heavy atom. The maximum atomic E-state index is 12.0. The number of ketones is 1. The molecule has 0 saturated heterocycles. The SMILES string of the molecule is N#Cc1ccccc1NC1=CC(=O)C[C@H](c2ccccc2)C1. The molecular formula is C19H16N2O. The second-order valence-electron chi connectivity index (χ2n) is 5.43. The van der Waals surface area contributed by atoms with Crippen LogP contribution in [0.1, 0.15) is 29.9 Å². The lowest BCUT2D eigenvalue weighted by atomic mass is 9.85. The second-order valence-corrected chi connectivity index (χ2v) is 5.43. The van der Waals surface area contributed by atoms with Gasteiger partial charge in [0.15, 0.2) is 5.78 Å². The Balaban J connectivity index is 1.82. The van der Waals surface area contributed by atoms with Crippen molar-refractivity contribution in [3.05, 3.63) is 77.5 Å². The van der Waals surface area contributed by atoms with Crippen molar-refractivity contribution in [2.75, 3.05) is 5.32 Å². The maximum absolute atomic E-state index is 12.0. The largest absolute Gasteiger partial charge is 0.358 e. The van der Waals surface area contributed by atoms with Crippen LogP contribution in [0.25, 0.3) is 0 Å². The van der Waals surface area contributed by atoms with Crippen LogP contribution < -0.4 is 5.32 Å². The zero-order valence-corrected chi connectivity index (χ0v) is 12.1. The molecule has 0 fully saturated rings. The van der Waals surface area contributed by atoms with Gasteiger partial charge in [0.2, 0.25) is 0 Å². The van der Waals surface area contributed by atoms with E-state index in [9.17, 15) is 4.79 Å². The highest BCUT2D eigenvalue weighted by Crippen LogP contribution is 2.32. The van der Waals surface area contributed by atoms with E-state index in [1.165, 1.54) is 5.56 Å². The van der Waals surface area contributed by atoms with Gasteiger partial charge in [0.05, 0.1) is 11.3 Å². The van der Waals surface area contributed by atoms with E-state index in [0.29, 0.717) is 12.0 Å². The number of carbonyl (C=O) groups is 1. The summed E-state index contributed by atoms with van der Waals surface area (Å²) in [5.74, 6) is 0.312. The van der Waals surface area contributed by atoms with Gasteiger partial charge in [0.25, 0.3) is 0 Å². The predicted molar refractivity (Wildman–Crippen MR) is 86.3 cm³/mol. The molecule has 2 aromatic rings. The van der Waals surface area contributed by atoms with Crippen LogP contribution in [-0.2, 0) is 4.79 Å². The Morgan fingerprint density at radius 3 is 2.50 bits per heavy atom. The fourth-order valence-electron chi connectivity index (χ4n) is 2.80. The lowest BCUT2D eigenvalue weighted by molar-refractivity contribution is -0.115. The fraction of sp³-hybridized carbons (Fsp3) is 0.158. The standard InChI is InChI=1S/C19H16N2O/c20-13-15-8-4-5-9-19(15)21-17-10-16(11-18(22)12-17)14-6-2-1-3-7-14/h1-9,12,16,21H,10-11H2/t16-/m1/s1. The number of hydrogen-bond donors (Lipinski definition) is 1. The zero-order chi connectivity index (χ0) is 15.4. The van der Waals surface area contributed by atoms with Crippen molar-refractivity contribution in [2.45, 2.75) is 18.8 Å². The molecule has 1 N–H and O–H groups in total. The number of nitrogens with zero attached hydrogens (tertiary/aromatic N) is 1. The van der Waals surface area contributed by atoms with Gasteiger partial charge in [-0.05, 0) is 30.0 Å². The Hall–Kier alpha value is -2.86. The van der Waals surface area contributed by atoms with E-state index >= 15 is 0 Å². The minimum atomic E-state index is 0.122. The van der Waals surface area contributed by atoms with Crippen LogP contribution in [0.3, 0.4) is 0 Å². The van der Waals surface area contributed by atoms with E-state index in [0.717, 1.165) is 17.8 Å². The normalized spacial score (nSPS) is 17.5. The molecule has 0 spiro atoms. The van der Waals surface area contributed by atoms with Crippen LogP contribution in [0, 0.1) is 11.3 Å². The van der Waals surface area contributed by atoms with Gasteiger partial charge in [-0.2, -0.15) is 5.26 Å². The highest BCUT2D eigenvalue weighted by Gasteiger charge is 2.22. The summed E-state index contributed by atoms with van der Waals surface area (Å²) in [5.41, 5.74) is 3.38. The van der Waals surface area contributed by atoms with Crippen LogP contribution in [0.15, 0.2) is 66.4 Å². The first kappa shape index (κ1) is 14.1. The minimum absolute atomic E-state index is 0.122. The lowest BCUT2D eigenvalue weighted by Crippen LogP contribution is -2.17. The van der Waals surface area contributed by atoms with Crippen LogP contribution in [0.4, 0.5) is 5.69 Å². The molecule has 0 amide bonds. The number of hydrogen-bond acceptors (Lipinski definition) is 3. The van der Waals surface area contributed by atoms with Gasteiger partial charge in [-0.15, -0.1) is 0 Å². The first-order valence-electron chi connectivity index (χ1n) is 7.31. The van der Waals surface area contributed by atoms with Gasteiger partial charge in [-0.3, -0.25) is 4.79 Å². The van der Waals surface area contributed by atoms with Gasteiger partial charge < -0.3 is 5.32 Å². The van der Waals surface area contributed by atoms with Crippen molar-refractivity contribution < 1.29 is 4.79 Å². The molecule has 0 radical (unpaired) electrons. The number of rotatable bonds is 3. The van der Waals surface area contributed by atoms with E-state index < -0.39 is 0 Å². The summed E-state index contributed by atoms with van der Waals surface area (Å²) in [5, 5.41) is 12.4. The molecule has 1 aliphatic carbocycles. The maximum Gasteiger partial charge on any atom is 0.158 e. The molecule has 0 aliphatic heterocycles. The van der Waals surface area contributed by atoms with Gasteiger partial charge in [-0.1, -0.05) is 42.5 Å². The number of carbonyl (C=O) groups excluding carboxylic acids is 1. The molecule has 0 saturated carbocycles. The summed E-state index contributed by atoms with van der Waals surface area (Å²) in [6.07, 6.45) is 2.97. The highest BCUT2D eigenvalue weighted by molar-refractivity contribution is 5.92. The number of benzene rings is 2. The average molecular weight is 288 g/mol. The topological polar surface area (TPSA) is 52.9 Å². The number of nitrogens with one attached hydrogen (secondary N) is 1. The molecule has 3 heteroatoms. The van der Waals surface area contributed by atoms with E-state index in [2.05, 4.69) is 23.5 Å². The van der Waals surface area contributed by atoms with E-state index in [1.54, 1.807) is 12.1 Å². The summed E-state index contributed by atoms with van der Waals surface area (Å²) in [6, 6.07) is 19.6. The van der Waals surface area contributed by atoms with Crippen molar-refractivity contribution in [3.8, 4) is 6.07 Å². The van der Waals surface area contributed by atoms with Crippen molar-refractivity contribution >= 4 is 11.5 Å². The van der Waals surface area contributed by atoms with Crippen molar-refractivity contribution in [3.63, 3.8) is 0 Å². The third kappa shape index (κ3) is 3.07. The Kier molecular flexibility index (Phi) is 4.02. The predicted octanol–water partition coefficient (Wildman–Crippen LogP) is 4.00. The molecule has 22 heavy (non-hydrogen) atoms. The molecule has 0 bridgehead atoms. The average Bonchev–Trinajstić information content (AvgIpc) is 2.56. The smallest absolute Gasteiger partial charge is 0.158 e. The molecule has 3 nitrogen and oxygen atoms in total. The Bertz CT molecular complexity index is 757. The third-order valence-electron chi connectivity index (χ3n) is 3.86. The van der Waals surface area contributed by atoms with Crippen molar-refractivity contribution in [1.82, 2.24) is 0 Å². The molecule has 108 valence electrons. The molecule has 0 heterocycles. The van der Waals surface area contributed by atoms with E-state index in [1.807, 2.05) is 36.4 Å². The summed E-state index contributed by atoms with van der Waals surface area (Å²) < 4.78 is 0. The summed E-state index contributed by atoms with van der Waals surface area (Å²) in [4.78, 5) is 12.0. The van der Waals surface area contributed by atoms with Crippen molar-refractivity contribution in [1.29, 1.82) is 5.26 Å². The van der Waals surface area contributed by atoms with Crippen LogP contribution in [0.2, 0.25) is 0 Å².